The molecule has 0 spiro atoms. The van der Waals surface area contributed by atoms with Gasteiger partial charge < -0.3 is 4.90 Å². The van der Waals surface area contributed by atoms with E-state index >= 15 is 0 Å². The Hall–Kier alpha value is -3.27. The van der Waals surface area contributed by atoms with Gasteiger partial charge in [0.1, 0.15) is 5.82 Å². The molecule has 180 valence electrons. The van der Waals surface area contributed by atoms with Crippen LogP contribution in [0, 0.1) is 32.1 Å². The third-order valence-corrected chi connectivity index (χ3v) is 7.45. The molecule has 0 aliphatic carbocycles. The molecule has 2 aromatic carbocycles. The molecular formula is C29H34N6. The molecule has 2 aliphatic rings. The number of aryl methyl sites for hydroxylation is 3. The van der Waals surface area contributed by atoms with Crippen molar-refractivity contribution in [3.63, 3.8) is 0 Å². The summed E-state index contributed by atoms with van der Waals surface area (Å²) in [7, 11) is 0. The summed E-state index contributed by atoms with van der Waals surface area (Å²) in [5.74, 6) is 1.88. The van der Waals surface area contributed by atoms with Crippen LogP contribution < -0.4 is 4.90 Å². The topological polar surface area (TPSA) is 59.3 Å². The fourth-order valence-corrected chi connectivity index (χ4v) is 5.44. The van der Waals surface area contributed by atoms with Crippen LogP contribution in [0.5, 0.6) is 0 Å². The molecule has 6 nitrogen and oxygen atoms in total. The number of benzene rings is 2. The molecule has 1 saturated heterocycles. The predicted octanol–water partition coefficient (Wildman–Crippen LogP) is 4.27. The summed E-state index contributed by atoms with van der Waals surface area (Å²) in [4.78, 5) is 17.5. The lowest BCUT2D eigenvalue weighted by Crippen LogP contribution is -2.47. The molecule has 3 aromatic rings. The van der Waals surface area contributed by atoms with Crippen molar-refractivity contribution in [3.8, 4) is 17.5 Å². The minimum atomic E-state index is 0.490. The maximum Gasteiger partial charge on any atom is 0.162 e. The number of hydrogen-bond acceptors (Lipinski definition) is 6. The number of nitriles is 1. The number of fused-ring (bicyclic) bond motifs is 1. The molecule has 1 fully saturated rings. The molecule has 1 aromatic heterocycles. The highest BCUT2D eigenvalue weighted by atomic mass is 15.3. The molecule has 0 N–H and O–H groups in total. The maximum absolute atomic E-state index is 9.12. The first-order chi connectivity index (χ1) is 17.0. The molecule has 35 heavy (non-hydrogen) atoms. The van der Waals surface area contributed by atoms with E-state index in [4.69, 9.17) is 15.2 Å². The van der Waals surface area contributed by atoms with Crippen LogP contribution in [-0.4, -0.2) is 59.0 Å². The van der Waals surface area contributed by atoms with E-state index in [0.717, 1.165) is 75.1 Å². The molecule has 0 saturated carbocycles. The molecule has 0 unspecified atom stereocenters. The van der Waals surface area contributed by atoms with Crippen molar-refractivity contribution in [1.82, 2.24) is 19.8 Å². The zero-order valence-electron chi connectivity index (χ0n) is 21.1. The summed E-state index contributed by atoms with van der Waals surface area (Å²) >= 11 is 0. The van der Waals surface area contributed by atoms with Gasteiger partial charge in [0.15, 0.2) is 5.82 Å². The van der Waals surface area contributed by atoms with Gasteiger partial charge in [-0.2, -0.15) is 5.26 Å². The number of rotatable bonds is 5. The number of aromatic nitrogens is 2. The molecule has 0 radical (unpaired) electrons. The van der Waals surface area contributed by atoms with E-state index in [1.54, 1.807) is 0 Å². The van der Waals surface area contributed by atoms with Gasteiger partial charge in [0.25, 0.3) is 0 Å². The van der Waals surface area contributed by atoms with E-state index in [1.165, 1.54) is 27.8 Å². The maximum atomic E-state index is 9.12. The molecule has 6 heteroatoms. The van der Waals surface area contributed by atoms with Gasteiger partial charge in [0, 0.05) is 62.6 Å². The Balaban J connectivity index is 1.50. The number of piperazine rings is 1. The van der Waals surface area contributed by atoms with E-state index in [2.05, 4.69) is 84.0 Å². The Bertz CT molecular complexity index is 1230. The summed E-state index contributed by atoms with van der Waals surface area (Å²) in [5.41, 5.74) is 8.73. The third-order valence-electron chi connectivity index (χ3n) is 7.45. The lowest BCUT2D eigenvalue weighted by Gasteiger charge is -2.36. The second kappa shape index (κ2) is 10.2. The number of hydrogen-bond donors (Lipinski definition) is 0. The highest BCUT2D eigenvalue weighted by Crippen LogP contribution is 2.31. The lowest BCUT2D eigenvalue weighted by atomic mass is 9.99. The number of nitrogens with zero attached hydrogens (tertiary/aromatic N) is 6. The van der Waals surface area contributed by atoms with Crippen LogP contribution >= 0.6 is 0 Å². The summed E-state index contributed by atoms with van der Waals surface area (Å²) < 4.78 is 0. The summed E-state index contributed by atoms with van der Waals surface area (Å²) in [6, 6.07) is 17.5. The van der Waals surface area contributed by atoms with E-state index in [1.807, 2.05) is 0 Å². The zero-order chi connectivity index (χ0) is 24.4. The molecule has 5 rings (SSSR count). The van der Waals surface area contributed by atoms with Crippen molar-refractivity contribution in [1.29, 1.82) is 5.26 Å². The second-order valence-electron chi connectivity index (χ2n) is 9.85. The van der Waals surface area contributed by atoms with Gasteiger partial charge in [-0.1, -0.05) is 42.5 Å². The highest BCUT2D eigenvalue weighted by Gasteiger charge is 2.26. The highest BCUT2D eigenvalue weighted by molar-refractivity contribution is 5.67. The fraction of sp³-hybridized carbons (Fsp3) is 0.414. The van der Waals surface area contributed by atoms with Gasteiger partial charge >= 0.3 is 0 Å². The van der Waals surface area contributed by atoms with Crippen LogP contribution in [0.15, 0.2) is 42.5 Å². The summed E-state index contributed by atoms with van der Waals surface area (Å²) in [6.45, 7) is 13.3. The van der Waals surface area contributed by atoms with Gasteiger partial charge in [0.05, 0.1) is 12.6 Å². The van der Waals surface area contributed by atoms with E-state index < -0.39 is 0 Å². The van der Waals surface area contributed by atoms with Gasteiger partial charge in [-0.25, -0.2) is 9.97 Å². The van der Waals surface area contributed by atoms with Gasteiger partial charge in [0.2, 0.25) is 0 Å². The third kappa shape index (κ3) is 4.93. The Labute approximate surface area is 208 Å². The van der Waals surface area contributed by atoms with Crippen molar-refractivity contribution in [2.45, 2.75) is 40.3 Å². The van der Waals surface area contributed by atoms with Crippen molar-refractivity contribution in [2.75, 3.05) is 44.2 Å². The normalized spacial score (nSPS) is 16.7. The minimum Gasteiger partial charge on any atom is -0.354 e. The van der Waals surface area contributed by atoms with E-state index in [0.29, 0.717) is 6.54 Å². The van der Waals surface area contributed by atoms with Crippen molar-refractivity contribution < 1.29 is 0 Å². The van der Waals surface area contributed by atoms with Crippen LogP contribution in [0.25, 0.3) is 11.4 Å². The van der Waals surface area contributed by atoms with Crippen LogP contribution in [0.4, 0.5) is 5.82 Å². The predicted molar refractivity (Wildman–Crippen MR) is 140 cm³/mol. The van der Waals surface area contributed by atoms with Gasteiger partial charge in [-0.15, -0.1) is 0 Å². The fourth-order valence-electron chi connectivity index (χ4n) is 5.44. The summed E-state index contributed by atoms with van der Waals surface area (Å²) in [5, 5.41) is 9.12. The van der Waals surface area contributed by atoms with E-state index in [9.17, 15) is 0 Å². The van der Waals surface area contributed by atoms with E-state index in [-0.39, 0.29) is 0 Å². The average Bonchev–Trinajstić information content (AvgIpc) is 2.86. The van der Waals surface area contributed by atoms with Crippen LogP contribution in [0.3, 0.4) is 0 Å². The molecule has 0 amide bonds. The zero-order valence-corrected chi connectivity index (χ0v) is 21.1. The SMILES string of the molecule is Cc1cccc(C)c1-c1nc(C)c(CN2CCc3ccccc3C2)c(N2CCN(CC#N)CC2)n1. The van der Waals surface area contributed by atoms with Crippen molar-refractivity contribution >= 4 is 5.82 Å². The Morgan fingerprint density at radius 3 is 2.26 bits per heavy atom. The average molecular weight is 467 g/mol. The Kier molecular flexibility index (Phi) is 6.81. The molecular weight excluding hydrogens is 432 g/mol. The second-order valence-corrected chi connectivity index (χ2v) is 9.85. The first kappa shape index (κ1) is 23.5. The van der Waals surface area contributed by atoms with Crippen LogP contribution in [-0.2, 0) is 19.5 Å². The molecule has 0 atom stereocenters. The van der Waals surface area contributed by atoms with Gasteiger partial charge in [-0.05, 0) is 49.4 Å². The standard InChI is InChI=1S/C29H34N6/c1-21-7-6-8-22(2)27(21)28-31-23(3)26(20-34-13-11-24-9-4-5-10-25(24)19-34)29(32-28)35-17-15-33(14-12-30)16-18-35/h4-10H,11,13-20H2,1-3H3. The van der Waals surface area contributed by atoms with Crippen molar-refractivity contribution in [3.05, 3.63) is 76.0 Å². The molecule has 2 aliphatic heterocycles. The molecule has 3 heterocycles. The monoisotopic (exact) mass is 466 g/mol. The minimum absolute atomic E-state index is 0.490. The smallest absolute Gasteiger partial charge is 0.162 e. The van der Waals surface area contributed by atoms with Gasteiger partial charge in [-0.3, -0.25) is 9.80 Å². The van der Waals surface area contributed by atoms with Crippen LogP contribution in [0.1, 0.15) is 33.5 Å². The first-order valence-corrected chi connectivity index (χ1v) is 12.6. The number of anilines is 1. The first-order valence-electron chi connectivity index (χ1n) is 12.6. The largest absolute Gasteiger partial charge is 0.354 e. The van der Waals surface area contributed by atoms with Crippen molar-refractivity contribution in [2.24, 2.45) is 0 Å². The summed E-state index contributed by atoms with van der Waals surface area (Å²) in [6.07, 6.45) is 1.08. The quantitative estimate of drug-likeness (QED) is 0.524. The Morgan fingerprint density at radius 2 is 1.54 bits per heavy atom. The molecule has 0 bridgehead atoms. The lowest BCUT2D eigenvalue weighted by molar-refractivity contribution is 0.244. The van der Waals surface area contributed by atoms with Crippen LogP contribution in [0.2, 0.25) is 0 Å². The Morgan fingerprint density at radius 1 is 0.829 bits per heavy atom.